The van der Waals surface area contributed by atoms with Crippen molar-refractivity contribution >= 4 is 23.4 Å². The van der Waals surface area contributed by atoms with E-state index in [4.69, 9.17) is 4.42 Å². The fraction of sp³-hybridized carbons (Fsp3) is 0.350. The van der Waals surface area contributed by atoms with E-state index in [1.165, 1.54) is 0 Å². The third-order valence-corrected chi connectivity index (χ3v) is 4.08. The summed E-state index contributed by atoms with van der Waals surface area (Å²) in [6.45, 7) is 8.86. The van der Waals surface area contributed by atoms with Gasteiger partial charge in [-0.1, -0.05) is 17.7 Å². The van der Waals surface area contributed by atoms with Crippen LogP contribution in [0.4, 0.5) is 5.69 Å². The quantitative estimate of drug-likeness (QED) is 0.725. The van der Waals surface area contributed by atoms with Gasteiger partial charge in [0.2, 0.25) is 11.8 Å². The summed E-state index contributed by atoms with van der Waals surface area (Å²) in [5, 5.41) is 7.81. The van der Waals surface area contributed by atoms with Gasteiger partial charge in [-0.15, -0.1) is 0 Å². The second kappa shape index (κ2) is 8.53. The van der Waals surface area contributed by atoms with Gasteiger partial charge in [-0.2, -0.15) is 0 Å². The van der Waals surface area contributed by atoms with Crippen LogP contribution < -0.4 is 16.0 Å². The van der Waals surface area contributed by atoms with E-state index in [1.807, 2.05) is 32.9 Å². The Morgan fingerprint density at radius 3 is 2.00 bits per heavy atom. The Morgan fingerprint density at radius 1 is 0.852 bits per heavy atom. The summed E-state index contributed by atoms with van der Waals surface area (Å²) in [6, 6.07) is 5.58. The topological polar surface area (TPSA) is 100 Å². The maximum absolute atomic E-state index is 12.1. The number of hydrogen-bond acceptors (Lipinski definition) is 4. The number of amides is 3. The van der Waals surface area contributed by atoms with E-state index in [1.54, 1.807) is 19.9 Å². The third kappa shape index (κ3) is 5.44. The second-order valence-corrected chi connectivity index (χ2v) is 6.61. The molecule has 144 valence electrons. The molecule has 0 saturated heterocycles. The predicted octanol–water partition coefficient (Wildman–Crippen LogP) is 2.31. The highest BCUT2D eigenvalue weighted by atomic mass is 16.3. The van der Waals surface area contributed by atoms with Gasteiger partial charge in [-0.3, -0.25) is 14.4 Å². The number of anilines is 1. The van der Waals surface area contributed by atoms with Crippen molar-refractivity contribution in [3.05, 3.63) is 52.0 Å². The minimum Gasteiger partial charge on any atom is -0.466 e. The molecule has 0 spiro atoms. The zero-order valence-corrected chi connectivity index (χ0v) is 16.3. The first-order valence-electron chi connectivity index (χ1n) is 8.67. The van der Waals surface area contributed by atoms with Gasteiger partial charge in [-0.05, 0) is 51.8 Å². The summed E-state index contributed by atoms with van der Waals surface area (Å²) in [5.41, 5.74) is 4.19. The van der Waals surface area contributed by atoms with Crippen LogP contribution in [0, 0.1) is 34.6 Å². The van der Waals surface area contributed by atoms with Crippen molar-refractivity contribution in [1.82, 2.24) is 10.6 Å². The van der Waals surface area contributed by atoms with Crippen LogP contribution in [-0.4, -0.2) is 30.8 Å². The molecule has 1 aromatic heterocycles. The van der Waals surface area contributed by atoms with E-state index < -0.39 is 11.8 Å². The van der Waals surface area contributed by atoms with E-state index in [-0.39, 0.29) is 19.0 Å². The first-order valence-corrected chi connectivity index (χ1v) is 8.67. The number of carbonyl (C=O) groups excluding carboxylic acids is 3. The Balaban J connectivity index is 1.81. The van der Waals surface area contributed by atoms with Gasteiger partial charge in [-0.25, -0.2) is 0 Å². The largest absolute Gasteiger partial charge is 0.466 e. The minimum atomic E-state index is -0.450. The van der Waals surface area contributed by atoms with Crippen molar-refractivity contribution in [3.63, 3.8) is 0 Å². The molecule has 0 bridgehead atoms. The van der Waals surface area contributed by atoms with Crippen LogP contribution >= 0.6 is 0 Å². The van der Waals surface area contributed by atoms with Crippen molar-refractivity contribution in [3.8, 4) is 0 Å². The maximum atomic E-state index is 12.1. The smallest absolute Gasteiger partial charge is 0.255 e. The van der Waals surface area contributed by atoms with Crippen molar-refractivity contribution in [1.29, 1.82) is 0 Å². The molecule has 0 fully saturated rings. The maximum Gasteiger partial charge on any atom is 0.255 e. The lowest BCUT2D eigenvalue weighted by Crippen LogP contribution is -2.40. The molecule has 0 atom stereocenters. The van der Waals surface area contributed by atoms with Gasteiger partial charge in [0.05, 0.1) is 18.7 Å². The predicted molar refractivity (Wildman–Crippen MR) is 103 cm³/mol. The fourth-order valence-electron chi connectivity index (χ4n) is 2.91. The molecule has 2 rings (SSSR count). The molecule has 27 heavy (non-hydrogen) atoms. The van der Waals surface area contributed by atoms with Gasteiger partial charge >= 0.3 is 0 Å². The lowest BCUT2D eigenvalue weighted by Gasteiger charge is -2.13. The molecule has 2 aromatic rings. The molecule has 0 aliphatic carbocycles. The molecular weight excluding hydrogens is 346 g/mol. The number of hydrogen-bond donors (Lipinski definition) is 3. The summed E-state index contributed by atoms with van der Waals surface area (Å²) in [4.78, 5) is 36.0. The van der Waals surface area contributed by atoms with Gasteiger partial charge in [0.15, 0.2) is 0 Å². The van der Waals surface area contributed by atoms with Crippen LogP contribution in [-0.2, 0) is 9.59 Å². The minimum absolute atomic E-state index is 0.175. The summed E-state index contributed by atoms with van der Waals surface area (Å²) in [5.74, 6) is -0.0521. The number of benzene rings is 1. The van der Waals surface area contributed by atoms with Crippen molar-refractivity contribution in [2.24, 2.45) is 0 Å². The standard InChI is InChI=1S/C20H25N3O4/c1-11-6-12(2)19(13(3)7-11)23-18(25)10-21-17(24)9-22-20(26)16-8-14(4)27-15(16)5/h6-8H,9-10H2,1-5H3,(H,21,24)(H,22,26)(H,23,25). The molecule has 1 aromatic carbocycles. The molecule has 7 nitrogen and oxygen atoms in total. The van der Waals surface area contributed by atoms with Crippen LogP contribution in [0.1, 0.15) is 38.6 Å². The van der Waals surface area contributed by atoms with Crippen LogP contribution in [0.2, 0.25) is 0 Å². The van der Waals surface area contributed by atoms with E-state index in [9.17, 15) is 14.4 Å². The Kier molecular flexibility index (Phi) is 6.39. The molecule has 0 unspecified atom stereocenters. The van der Waals surface area contributed by atoms with Crippen LogP contribution in [0.15, 0.2) is 22.6 Å². The molecular formula is C20H25N3O4. The van der Waals surface area contributed by atoms with Gasteiger partial charge in [0, 0.05) is 5.69 Å². The number of carbonyl (C=O) groups is 3. The highest BCUT2D eigenvalue weighted by Gasteiger charge is 2.15. The zero-order valence-electron chi connectivity index (χ0n) is 16.3. The SMILES string of the molecule is Cc1cc(C)c(NC(=O)CNC(=O)CNC(=O)c2cc(C)oc2C)c(C)c1. The lowest BCUT2D eigenvalue weighted by molar-refractivity contribution is -0.123. The Morgan fingerprint density at radius 2 is 1.44 bits per heavy atom. The van der Waals surface area contributed by atoms with Crippen LogP contribution in [0.5, 0.6) is 0 Å². The van der Waals surface area contributed by atoms with Crippen LogP contribution in [0.25, 0.3) is 0 Å². The second-order valence-electron chi connectivity index (χ2n) is 6.61. The molecule has 0 saturated carbocycles. The monoisotopic (exact) mass is 371 g/mol. The van der Waals surface area contributed by atoms with Gasteiger partial charge < -0.3 is 20.4 Å². The number of rotatable bonds is 6. The average Bonchev–Trinajstić information content (AvgIpc) is 2.92. The molecule has 7 heteroatoms. The Labute approximate surface area is 158 Å². The summed E-state index contributed by atoms with van der Waals surface area (Å²) in [7, 11) is 0. The molecule has 0 aliphatic heterocycles. The number of nitrogens with one attached hydrogen (secondary N) is 3. The Hall–Kier alpha value is -3.09. The third-order valence-electron chi connectivity index (χ3n) is 4.08. The Bertz CT molecular complexity index is 860. The van der Waals surface area contributed by atoms with Gasteiger partial charge in [0.25, 0.3) is 5.91 Å². The molecule has 0 radical (unpaired) electrons. The molecule has 3 N–H and O–H groups in total. The van der Waals surface area contributed by atoms with Crippen molar-refractivity contribution in [2.75, 3.05) is 18.4 Å². The van der Waals surface area contributed by atoms with E-state index in [0.717, 1.165) is 22.4 Å². The van der Waals surface area contributed by atoms with E-state index >= 15 is 0 Å². The molecule has 0 aliphatic rings. The fourth-order valence-corrected chi connectivity index (χ4v) is 2.91. The first-order chi connectivity index (χ1) is 12.7. The summed E-state index contributed by atoms with van der Waals surface area (Å²) >= 11 is 0. The highest BCUT2D eigenvalue weighted by molar-refractivity contribution is 5.99. The van der Waals surface area contributed by atoms with E-state index in [0.29, 0.717) is 17.1 Å². The zero-order chi connectivity index (χ0) is 20.1. The molecule has 3 amide bonds. The van der Waals surface area contributed by atoms with Crippen LogP contribution in [0.3, 0.4) is 0 Å². The lowest BCUT2D eigenvalue weighted by atomic mass is 10.1. The first kappa shape index (κ1) is 20.2. The number of aryl methyl sites for hydroxylation is 5. The average molecular weight is 371 g/mol. The van der Waals surface area contributed by atoms with E-state index in [2.05, 4.69) is 16.0 Å². The van der Waals surface area contributed by atoms with Gasteiger partial charge in [0.1, 0.15) is 11.5 Å². The normalized spacial score (nSPS) is 10.4. The number of furan rings is 1. The highest BCUT2D eigenvalue weighted by Crippen LogP contribution is 2.21. The van der Waals surface area contributed by atoms with Crippen molar-refractivity contribution < 1.29 is 18.8 Å². The summed E-state index contributed by atoms with van der Waals surface area (Å²) < 4.78 is 5.29. The molecule has 1 heterocycles. The summed E-state index contributed by atoms with van der Waals surface area (Å²) in [6.07, 6.45) is 0. The van der Waals surface area contributed by atoms with Crippen molar-refractivity contribution in [2.45, 2.75) is 34.6 Å².